The standard InChI is InChI=1S/C22H20IN3O2/c1-3-24-19(27)12-18-22-20(13(2)28-26-22)16-6-4-5-7-17(16)21(25-18)14-8-10-15(23)11-9-14/h4-11,18H,3,12H2,1-2H3,(H,24,27)/t18-/m0/s1. The maximum atomic E-state index is 12.4. The number of benzene rings is 2. The number of carbonyl (C=O) groups excluding carboxylic acids is 1. The van der Waals surface area contributed by atoms with Gasteiger partial charge >= 0.3 is 0 Å². The van der Waals surface area contributed by atoms with Crippen LogP contribution in [0.5, 0.6) is 0 Å². The largest absolute Gasteiger partial charge is 0.361 e. The number of carbonyl (C=O) groups is 1. The van der Waals surface area contributed by atoms with Gasteiger partial charge in [0.2, 0.25) is 5.91 Å². The van der Waals surface area contributed by atoms with Crippen molar-refractivity contribution in [3.63, 3.8) is 0 Å². The Morgan fingerprint density at radius 3 is 2.57 bits per heavy atom. The maximum Gasteiger partial charge on any atom is 0.222 e. The summed E-state index contributed by atoms with van der Waals surface area (Å²) in [6.07, 6.45) is 0.231. The molecular weight excluding hydrogens is 465 g/mol. The Labute approximate surface area is 177 Å². The van der Waals surface area contributed by atoms with Crippen molar-refractivity contribution in [2.75, 3.05) is 6.54 Å². The molecule has 6 heteroatoms. The molecule has 0 spiro atoms. The average Bonchev–Trinajstić information content (AvgIpc) is 3.01. The van der Waals surface area contributed by atoms with E-state index < -0.39 is 6.04 Å². The first kappa shape index (κ1) is 18.9. The monoisotopic (exact) mass is 485 g/mol. The van der Waals surface area contributed by atoms with Crippen LogP contribution < -0.4 is 5.32 Å². The van der Waals surface area contributed by atoms with Crippen molar-refractivity contribution < 1.29 is 9.32 Å². The molecule has 142 valence electrons. The molecule has 4 rings (SSSR count). The number of hydrogen-bond acceptors (Lipinski definition) is 4. The summed E-state index contributed by atoms with van der Waals surface area (Å²) in [5, 5.41) is 7.16. The quantitative estimate of drug-likeness (QED) is 0.547. The van der Waals surface area contributed by atoms with Crippen molar-refractivity contribution in [2.45, 2.75) is 26.3 Å². The minimum Gasteiger partial charge on any atom is -0.361 e. The number of aromatic nitrogens is 1. The Morgan fingerprint density at radius 1 is 1.14 bits per heavy atom. The van der Waals surface area contributed by atoms with Gasteiger partial charge in [0, 0.05) is 21.2 Å². The van der Waals surface area contributed by atoms with Gasteiger partial charge in [0.25, 0.3) is 0 Å². The fourth-order valence-corrected chi connectivity index (χ4v) is 3.92. The molecule has 28 heavy (non-hydrogen) atoms. The summed E-state index contributed by atoms with van der Waals surface area (Å²) in [6.45, 7) is 4.40. The summed E-state index contributed by atoms with van der Waals surface area (Å²) in [5.41, 5.74) is 5.61. The summed E-state index contributed by atoms with van der Waals surface area (Å²) in [5.74, 6) is 0.693. The van der Waals surface area contributed by atoms with Gasteiger partial charge in [0.1, 0.15) is 17.5 Å². The lowest BCUT2D eigenvalue weighted by atomic mass is 9.93. The van der Waals surface area contributed by atoms with Crippen molar-refractivity contribution >= 4 is 34.2 Å². The van der Waals surface area contributed by atoms with E-state index in [0.29, 0.717) is 6.54 Å². The molecule has 0 fully saturated rings. The molecular formula is C22H20IN3O2. The van der Waals surface area contributed by atoms with Gasteiger partial charge in [-0.05, 0) is 54.1 Å². The van der Waals surface area contributed by atoms with Crippen LogP contribution in [0.1, 0.15) is 42.0 Å². The lowest BCUT2D eigenvalue weighted by molar-refractivity contribution is -0.121. The second kappa shape index (κ2) is 7.87. The van der Waals surface area contributed by atoms with Crippen molar-refractivity contribution in [1.82, 2.24) is 10.5 Å². The number of aliphatic imine (C=N–C) groups is 1. The number of nitrogens with zero attached hydrogens (tertiary/aromatic N) is 2. The number of amides is 1. The van der Waals surface area contributed by atoms with Crippen molar-refractivity contribution in [1.29, 1.82) is 0 Å². The molecule has 1 amide bonds. The van der Waals surface area contributed by atoms with Gasteiger partial charge in [-0.25, -0.2) is 0 Å². The first-order chi connectivity index (χ1) is 13.6. The van der Waals surface area contributed by atoms with E-state index in [0.717, 1.165) is 43.0 Å². The molecule has 1 N–H and O–H groups in total. The third-order valence-corrected chi connectivity index (χ3v) is 5.53. The van der Waals surface area contributed by atoms with E-state index in [9.17, 15) is 4.79 Å². The number of nitrogens with one attached hydrogen (secondary N) is 1. The predicted octanol–water partition coefficient (Wildman–Crippen LogP) is 4.67. The molecule has 1 aromatic heterocycles. The van der Waals surface area contributed by atoms with Gasteiger partial charge in [-0.2, -0.15) is 0 Å². The normalized spacial score (nSPS) is 15.2. The number of rotatable bonds is 4. The van der Waals surface area contributed by atoms with Crippen LogP contribution >= 0.6 is 22.6 Å². The molecule has 1 atom stereocenters. The molecule has 0 unspecified atom stereocenters. The van der Waals surface area contributed by atoms with E-state index in [1.807, 2.05) is 26.0 Å². The molecule has 0 aliphatic carbocycles. The van der Waals surface area contributed by atoms with Crippen molar-refractivity contribution in [3.8, 4) is 11.1 Å². The van der Waals surface area contributed by atoms with Crippen LogP contribution in [0.2, 0.25) is 0 Å². The van der Waals surface area contributed by atoms with Gasteiger partial charge in [-0.3, -0.25) is 9.79 Å². The number of halogens is 1. The van der Waals surface area contributed by atoms with E-state index in [4.69, 9.17) is 9.52 Å². The predicted molar refractivity (Wildman–Crippen MR) is 118 cm³/mol. The lowest BCUT2D eigenvalue weighted by Crippen LogP contribution is -2.24. The number of fused-ring (bicyclic) bond motifs is 3. The molecule has 0 bridgehead atoms. The SMILES string of the molecule is CCNC(=O)C[C@@H]1N=C(c2ccc(I)cc2)c2ccccc2-c2c1noc2C. The Kier molecular flexibility index (Phi) is 5.30. The zero-order chi connectivity index (χ0) is 19.7. The van der Waals surface area contributed by atoms with Crippen LogP contribution in [-0.2, 0) is 4.79 Å². The van der Waals surface area contributed by atoms with E-state index in [2.05, 4.69) is 69.5 Å². The van der Waals surface area contributed by atoms with Crippen LogP contribution in [0.25, 0.3) is 11.1 Å². The van der Waals surface area contributed by atoms with E-state index in [1.165, 1.54) is 0 Å². The fourth-order valence-electron chi connectivity index (χ4n) is 3.56. The Morgan fingerprint density at radius 2 is 1.86 bits per heavy atom. The molecule has 2 heterocycles. The van der Waals surface area contributed by atoms with Crippen LogP contribution in [0, 0.1) is 10.5 Å². The van der Waals surface area contributed by atoms with Crippen LogP contribution in [-0.4, -0.2) is 23.3 Å². The van der Waals surface area contributed by atoms with Crippen LogP contribution in [0.15, 0.2) is 58.0 Å². The zero-order valence-electron chi connectivity index (χ0n) is 15.7. The highest BCUT2D eigenvalue weighted by molar-refractivity contribution is 14.1. The second-order valence-corrected chi connectivity index (χ2v) is 7.95. The first-order valence-corrected chi connectivity index (χ1v) is 10.3. The minimum atomic E-state index is -0.402. The molecule has 3 aromatic rings. The number of hydrogen-bond donors (Lipinski definition) is 1. The smallest absolute Gasteiger partial charge is 0.222 e. The van der Waals surface area contributed by atoms with E-state index in [-0.39, 0.29) is 12.3 Å². The average molecular weight is 485 g/mol. The van der Waals surface area contributed by atoms with E-state index >= 15 is 0 Å². The summed E-state index contributed by atoms with van der Waals surface area (Å²) in [7, 11) is 0. The highest BCUT2D eigenvalue weighted by Crippen LogP contribution is 2.40. The van der Waals surface area contributed by atoms with Gasteiger partial charge < -0.3 is 9.84 Å². The van der Waals surface area contributed by atoms with Crippen LogP contribution in [0.3, 0.4) is 0 Å². The Bertz CT molecular complexity index is 1050. The van der Waals surface area contributed by atoms with Gasteiger partial charge in [-0.15, -0.1) is 0 Å². The highest BCUT2D eigenvalue weighted by Gasteiger charge is 2.30. The third-order valence-electron chi connectivity index (χ3n) is 4.81. The summed E-state index contributed by atoms with van der Waals surface area (Å²) < 4.78 is 6.67. The molecule has 1 aliphatic heterocycles. The molecule has 1 aliphatic rings. The lowest BCUT2D eigenvalue weighted by Gasteiger charge is -2.12. The Balaban J connectivity index is 1.92. The molecule has 0 saturated carbocycles. The topological polar surface area (TPSA) is 67.5 Å². The molecule has 5 nitrogen and oxygen atoms in total. The minimum absolute atomic E-state index is 0.0456. The van der Waals surface area contributed by atoms with Crippen LogP contribution in [0.4, 0.5) is 0 Å². The van der Waals surface area contributed by atoms with E-state index in [1.54, 1.807) is 0 Å². The first-order valence-electron chi connectivity index (χ1n) is 9.25. The molecule has 2 aromatic carbocycles. The number of aryl methyl sites for hydroxylation is 1. The zero-order valence-corrected chi connectivity index (χ0v) is 17.9. The highest BCUT2D eigenvalue weighted by atomic mass is 127. The summed E-state index contributed by atoms with van der Waals surface area (Å²) in [4.78, 5) is 17.4. The second-order valence-electron chi connectivity index (χ2n) is 6.70. The third kappa shape index (κ3) is 3.48. The van der Waals surface area contributed by atoms with Gasteiger partial charge in [-0.1, -0.05) is 41.6 Å². The maximum absolute atomic E-state index is 12.4. The van der Waals surface area contributed by atoms with Gasteiger partial charge in [0.05, 0.1) is 17.7 Å². The van der Waals surface area contributed by atoms with Crippen molar-refractivity contribution in [3.05, 3.63) is 74.7 Å². The van der Waals surface area contributed by atoms with Crippen molar-refractivity contribution in [2.24, 2.45) is 4.99 Å². The fraction of sp³-hybridized carbons (Fsp3) is 0.227. The molecule has 0 saturated heterocycles. The van der Waals surface area contributed by atoms with Gasteiger partial charge in [0.15, 0.2) is 0 Å². The summed E-state index contributed by atoms with van der Waals surface area (Å²) in [6, 6.07) is 16.0. The molecule has 0 radical (unpaired) electrons. The Hall–Kier alpha value is -2.48. The summed E-state index contributed by atoms with van der Waals surface area (Å²) >= 11 is 2.29.